The molecule has 1 aliphatic heterocycles. The van der Waals surface area contributed by atoms with Crippen LogP contribution in [0.15, 0.2) is 49.1 Å². The predicted molar refractivity (Wildman–Crippen MR) is 103 cm³/mol. The summed E-state index contributed by atoms with van der Waals surface area (Å²) >= 11 is 5.94. The van der Waals surface area contributed by atoms with Crippen LogP contribution in [-0.4, -0.2) is 38.6 Å². The summed E-state index contributed by atoms with van der Waals surface area (Å²) in [4.78, 5) is 26.5. The van der Waals surface area contributed by atoms with Gasteiger partial charge in [-0.05, 0) is 37.3 Å². The molecule has 1 aromatic carbocycles. The van der Waals surface area contributed by atoms with E-state index in [4.69, 9.17) is 11.6 Å². The Morgan fingerprint density at radius 2 is 2.04 bits per heavy atom. The number of urea groups is 1. The quantitative estimate of drug-likeness (QED) is 0.707. The Balaban J connectivity index is 1.49. The number of carbonyl (C=O) groups excluding carboxylic acids is 1. The molecular formula is C18H18ClN7O. The molecule has 9 heteroatoms. The van der Waals surface area contributed by atoms with Crippen LogP contribution in [0.3, 0.4) is 0 Å². The molecule has 1 unspecified atom stereocenters. The van der Waals surface area contributed by atoms with E-state index < -0.39 is 0 Å². The van der Waals surface area contributed by atoms with Crippen LogP contribution in [0.1, 0.15) is 18.7 Å². The first-order valence-corrected chi connectivity index (χ1v) is 8.93. The van der Waals surface area contributed by atoms with E-state index >= 15 is 0 Å². The maximum Gasteiger partial charge on any atom is 0.323 e. The first kappa shape index (κ1) is 17.3. The first-order chi connectivity index (χ1) is 13.1. The Morgan fingerprint density at radius 3 is 2.78 bits per heavy atom. The lowest BCUT2D eigenvalue weighted by Crippen LogP contribution is -2.28. The third kappa shape index (κ3) is 3.70. The molecule has 1 atom stereocenters. The van der Waals surface area contributed by atoms with E-state index in [1.165, 1.54) is 0 Å². The van der Waals surface area contributed by atoms with Crippen molar-refractivity contribution in [3.63, 3.8) is 0 Å². The lowest BCUT2D eigenvalue weighted by atomic mass is 10.2. The Hall–Kier alpha value is -3.13. The minimum Gasteiger partial charge on any atom is -0.346 e. The van der Waals surface area contributed by atoms with Gasteiger partial charge in [-0.25, -0.2) is 14.8 Å². The lowest BCUT2D eigenvalue weighted by molar-refractivity contribution is 0.252. The van der Waals surface area contributed by atoms with Crippen molar-refractivity contribution in [2.45, 2.75) is 13.0 Å². The van der Waals surface area contributed by atoms with Gasteiger partial charge in [0, 0.05) is 36.2 Å². The van der Waals surface area contributed by atoms with Crippen LogP contribution >= 0.6 is 11.6 Å². The number of imidazole rings is 1. The maximum atomic E-state index is 11.8. The van der Waals surface area contributed by atoms with Crippen LogP contribution in [0, 0.1) is 0 Å². The van der Waals surface area contributed by atoms with E-state index in [0.29, 0.717) is 29.9 Å². The number of hydrogen-bond donors (Lipinski definition) is 2. The largest absolute Gasteiger partial charge is 0.346 e. The zero-order chi connectivity index (χ0) is 18.8. The molecule has 3 heterocycles. The van der Waals surface area contributed by atoms with Gasteiger partial charge in [0.05, 0.1) is 18.1 Å². The number of aromatic nitrogens is 4. The fourth-order valence-corrected chi connectivity index (χ4v) is 2.97. The van der Waals surface area contributed by atoms with Crippen molar-refractivity contribution in [3.05, 3.63) is 59.8 Å². The standard InChI is InChI=1S/C18H18ClN7O/c1-12(15-10-25(11-22-15)14-4-2-13(19)3-5-14)23-17-20-7-6-16(24-17)26-9-8-21-18(26)27/h2-7,10-12H,8-9H2,1H3,(H,21,27)(H,20,23,24). The smallest absolute Gasteiger partial charge is 0.323 e. The average molecular weight is 384 g/mol. The summed E-state index contributed by atoms with van der Waals surface area (Å²) in [5, 5.41) is 6.69. The second-order valence-corrected chi connectivity index (χ2v) is 6.61. The van der Waals surface area contributed by atoms with Crippen molar-refractivity contribution in [3.8, 4) is 5.69 Å². The molecular weight excluding hydrogens is 366 g/mol. The topological polar surface area (TPSA) is 88.0 Å². The van der Waals surface area contributed by atoms with E-state index in [0.717, 1.165) is 11.4 Å². The third-order valence-corrected chi connectivity index (χ3v) is 4.54. The molecule has 1 saturated heterocycles. The fourth-order valence-electron chi connectivity index (χ4n) is 2.84. The number of hydrogen-bond acceptors (Lipinski definition) is 5. The Labute approximate surface area is 161 Å². The molecule has 1 fully saturated rings. The molecule has 0 radical (unpaired) electrons. The van der Waals surface area contributed by atoms with Crippen LogP contribution in [0.4, 0.5) is 16.6 Å². The number of amides is 2. The molecule has 2 amide bonds. The van der Waals surface area contributed by atoms with Gasteiger partial charge < -0.3 is 15.2 Å². The summed E-state index contributed by atoms with van der Waals surface area (Å²) in [6.07, 6.45) is 5.33. The summed E-state index contributed by atoms with van der Waals surface area (Å²) in [6, 6.07) is 9.00. The molecule has 138 valence electrons. The second kappa shape index (κ2) is 7.24. The van der Waals surface area contributed by atoms with Crippen molar-refractivity contribution >= 4 is 29.4 Å². The van der Waals surface area contributed by atoms with Gasteiger partial charge in [-0.3, -0.25) is 4.90 Å². The van der Waals surface area contributed by atoms with Crippen molar-refractivity contribution in [2.75, 3.05) is 23.3 Å². The predicted octanol–water partition coefficient (Wildman–Crippen LogP) is 3.02. The van der Waals surface area contributed by atoms with Crippen LogP contribution in [0.2, 0.25) is 5.02 Å². The average Bonchev–Trinajstić information content (AvgIpc) is 3.32. The molecule has 4 rings (SSSR count). The highest BCUT2D eigenvalue weighted by atomic mass is 35.5. The number of benzene rings is 1. The minimum absolute atomic E-state index is 0.110. The Bertz CT molecular complexity index is 956. The zero-order valence-corrected chi connectivity index (χ0v) is 15.4. The number of rotatable bonds is 5. The van der Waals surface area contributed by atoms with Crippen LogP contribution in [0.5, 0.6) is 0 Å². The number of carbonyl (C=O) groups is 1. The van der Waals surface area contributed by atoms with Crippen molar-refractivity contribution in [1.29, 1.82) is 0 Å². The third-order valence-electron chi connectivity index (χ3n) is 4.29. The first-order valence-electron chi connectivity index (χ1n) is 8.55. The molecule has 27 heavy (non-hydrogen) atoms. The summed E-state index contributed by atoms with van der Waals surface area (Å²) < 4.78 is 1.93. The number of nitrogens with one attached hydrogen (secondary N) is 2. The number of nitrogens with zero attached hydrogens (tertiary/aromatic N) is 5. The van der Waals surface area contributed by atoms with Gasteiger partial charge in [-0.2, -0.15) is 4.98 Å². The number of halogens is 1. The van der Waals surface area contributed by atoms with Gasteiger partial charge in [-0.15, -0.1) is 0 Å². The zero-order valence-electron chi connectivity index (χ0n) is 14.6. The highest BCUT2D eigenvalue weighted by Gasteiger charge is 2.22. The molecule has 3 aromatic rings. The molecule has 0 spiro atoms. The molecule has 0 saturated carbocycles. The second-order valence-electron chi connectivity index (χ2n) is 6.17. The van der Waals surface area contributed by atoms with Gasteiger partial charge in [0.2, 0.25) is 5.95 Å². The van der Waals surface area contributed by atoms with Gasteiger partial charge in [0.25, 0.3) is 0 Å². The van der Waals surface area contributed by atoms with E-state index in [1.807, 2.05) is 42.0 Å². The summed E-state index contributed by atoms with van der Waals surface area (Å²) in [7, 11) is 0. The van der Waals surface area contributed by atoms with E-state index in [2.05, 4.69) is 25.6 Å². The molecule has 0 bridgehead atoms. The minimum atomic E-state index is -0.144. The molecule has 8 nitrogen and oxygen atoms in total. The molecule has 1 aliphatic rings. The van der Waals surface area contributed by atoms with Gasteiger partial charge >= 0.3 is 6.03 Å². The highest BCUT2D eigenvalue weighted by molar-refractivity contribution is 6.30. The van der Waals surface area contributed by atoms with Crippen LogP contribution < -0.4 is 15.5 Å². The van der Waals surface area contributed by atoms with Gasteiger partial charge in [-0.1, -0.05) is 11.6 Å². The van der Waals surface area contributed by atoms with Gasteiger partial charge in [0.1, 0.15) is 5.82 Å². The molecule has 0 aliphatic carbocycles. The number of anilines is 2. The lowest BCUT2D eigenvalue weighted by Gasteiger charge is -2.15. The van der Waals surface area contributed by atoms with E-state index in [-0.39, 0.29) is 12.1 Å². The van der Waals surface area contributed by atoms with Crippen LogP contribution in [0.25, 0.3) is 5.69 Å². The summed E-state index contributed by atoms with van der Waals surface area (Å²) in [5.41, 5.74) is 1.82. The van der Waals surface area contributed by atoms with Crippen LogP contribution in [-0.2, 0) is 0 Å². The van der Waals surface area contributed by atoms with Gasteiger partial charge in [0.15, 0.2) is 0 Å². The Morgan fingerprint density at radius 1 is 1.22 bits per heavy atom. The normalized spacial score (nSPS) is 14.9. The van der Waals surface area contributed by atoms with Crippen molar-refractivity contribution in [2.24, 2.45) is 0 Å². The summed E-state index contributed by atoms with van der Waals surface area (Å²) in [5.74, 6) is 1.02. The maximum absolute atomic E-state index is 11.8. The Kier molecular flexibility index (Phi) is 4.64. The van der Waals surface area contributed by atoms with Crippen molar-refractivity contribution in [1.82, 2.24) is 24.8 Å². The van der Waals surface area contributed by atoms with E-state index in [9.17, 15) is 4.79 Å². The fraction of sp³-hybridized carbons (Fsp3) is 0.222. The molecule has 2 N–H and O–H groups in total. The monoisotopic (exact) mass is 383 g/mol. The SMILES string of the molecule is CC(Nc1nccc(N2CCNC2=O)n1)c1cn(-c2ccc(Cl)cc2)cn1. The highest BCUT2D eigenvalue weighted by Crippen LogP contribution is 2.20. The molecule has 2 aromatic heterocycles. The van der Waals surface area contributed by atoms with E-state index in [1.54, 1.807) is 23.5 Å². The van der Waals surface area contributed by atoms with Crippen molar-refractivity contribution < 1.29 is 4.79 Å². The summed E-state index contributed by atoms with van der Waals surface area (Å²) in [6.45, 7) is 3.19.